The zero-order chi connectivity index (χ0) is 11.3. The van der Waals surface area contributed by atoms with Gasteiger partial charge in [0.15, 0.2) is 5.82 Å². The lowest BCUT2D eigenvalue weighted by molar-refractivity contribution is 0.780. The molecule has 0 radical (unpaired) electrons. The smallest absolute Gasteiger partial charge is 0.152 e. The molecule has 2 N–H and O–H groups in total. The van der Waals surface area contributed by atoms with Gasteiger partial charge in [-0.2, -0.15) is 5.10 Å². The number of nitrogens with zero attached hydrogens (tertiary/aromatic N) is 3. The summed E-state index contributed by atoms with van der Waals surface area (Å²) in [4.78, 5) is 4.36. The van der Waals surface area contributed by atoms with Gasteiger partial charge in [0.05, 0.1) is 5.52 Å². The van der Waals surface area contributed by atoms with Crippen LogP contribution in [-0.4, -0.2) is 14.8 Å². The largest absolute Gasteiger partial charge is 0.382 e. The molecule has 2 heterocycles. The fourth-order valence-electron chi connectivity index (χ4n) is 2.02. The van der Waals surface area contributed by atoms with Crippen molar-refractivity contribution in [2.45, 2.75) is 6.92 Å². The summed E-state index contributed by atoms with van der Waals surface area (Å²) in [6.07, 6.45) is 1.98. The summed E-state index contributed by atoms with van der Waals surface area (Å²) >= 11 is 0. The Morgan fingerprint density at radius 3 is 2.88 bits per heavy atom. The van der Waals surface area contributed by atoms with Crippen LogP contribution in [0.2, 0.25) is 0 Å². The van der Waals surface area contributed by atoms with Crippen LogP contribution in [0.1, 0.15) is 5.56 Å². The predicted molar refractivity (Wildman–Crippen MR) is 65.2 cm³/mol. The molecule has 0 saturated carbocycles. The highest BCUT2D eigenvalue weighted by molar-refractivity contribution is 6.08. The van der Waals surface area contributed by atoms with Crippen molar-refractivity contribution in [1.82, 2.24) is 14.8 Å². The van der Waals surface area contributed by atoms with E-state index in [4.69, 9.17) is 5.73 Å². The van der Waals surface area contributed by atoms with Crippen molar-refractivity contribution in [2.75, 3.05) is 5.73 Å². The Balaban J connectivity index is 2.59. The van der Waals surface area contributed by atoms with E-state index in [1.165, 1.54) is 5.56 Å². The fourth-order valence-corrected chi connectivity index (χ4v) is 2.02. The van der Waals surface area contributed by atoms with Crippen LogP contribution in [0.3, 0.4) is 0 Å². The Hall–Kier alpha value is -2.10. The van der Waals surface area contributed by atoms with E-state index < -0.39 is 0 Å². The maximum atomic E-state index is 5.89. The summed E-state index contributed by atoms with van der Waals surface area (Å²) < 4.78 is 1.77. The topological polar surface area (TPSA) is 56.7 Å². The molecule has 80 valence electrons. The van der Waals surface area contributed by atoms with Gasteiger partial charge in [-0.15, -0.1) is 0 Å². The van der Waals surface area contributed by atoms with Gasteiger partial charge >= 0.3 is 0 Å². The van der Waals surface area contributed by atoms with Crippen LogP contribution in [0, 0.1) is 6.92 Å². The van der Waals surface area contributed by atoms with Crippen molar-refractivity contribution >= 4 is 27.6 Å². The molecule has 4 nitrogen and oxygen atoms in total. The molecular formula is C12H12N4. The highest BCUT2D eigenvalue weighted by atomic mass is 15.3. The minimum atomic E-state index is 0.493. The Bertz CT molecular complexity index is 697. The van der Waals surface area contributed by atoms with Gasteiger partial charge in [-0.25, -0.2) is 4.98 Å². The molecule has 0 amide bonds. The van der Waals surface area contributed by atoms with Gasteiger partial charge in [-0.1, -0.05) is 11.6 Å². The fraction of sp³-hybridized carbons (Fsp3) is 0.167. The van der Waals surface area contributed by atoms with Crippen molar-refractivity contribution in [3.05, 3.63) is 30.0 Å². The van der Waals surface area contributed by atoms with E-state index >= 15 is 0 Å². The monoisotopic (exact) mass is 212 g/mol. The number of aromatic nitrogens is 3. The Morgan fingerprint density at radius 1 is 1.25 bits per heavy atom. The van der Waals surface area contributed by atoms with Crippen LogP contribution in [0.5, 0.6) is 0 Å². The third-order valence-electron chi connectivity index (χ3n) is 2.75. The quantitative estimate of drug-likeness (QED) is 0.620. The molecule has 4 heteroatoms. The maximum absolute atomic E-state index is 5.89. The molecule has 0 unspecified atom stereocenters. The van der Waals surface area contributed by atoms with Crippen molar-refractivity contribution in [1.29, 1.82) is 0 Å². The number of hydrogen-bond acceptors (Lipinski definition) is 3. The van der Waals surface area contributed by atoms with Crippen molar-refractivity contribution in [2.24, 2.45) is 7.05 Å². The lowest BCUT2D eigenvalue weighted by Crippen LogP contribution is -1.93. The molecule has 0 bridgehead atoms. The maximum Gasteiger partial charge on any atom is 0.152 e. The number of benzene rings is 1. The van der Waals surface area contributed by atoms with E-state index in [-0.39, 0.29) is 0 Å². The number of nitrogen functional groups attached to an aromatic ring is 1. The normalized spacial score (nSPS) is 11.4. The zero-order valence-corrected chi connectivity index (χ0v) is 9.23. The first-order valence-corrected chi connectivity index (χ1v) is 5.14. The highest BCUT2D eigenvalue weighted by Gasteiger charge is 2.09. The zero-order valence-electron chi connectivity index (χ0n) is 9.23. The second-order valence-electron chi connectivity index (χ2n) is 4.08. The highest BCUT2D eigenvalue weighted by Crippen LogP contribution is 2.27. The van der Waals surface area contributed by atoms with Crippen molar-refractivity contribution < 1.29 is 0 Å². The number of rotatable bonds is 0. The lowest BCUT2D eigenvalue weighted by Gasteiger charge is -2.01. The number of fused-ring (bicyclic) bond motifs is 3. The molecule has 0 aliphatic rings. The molecule has 0 saturated heterocycles. The van der Waals surface area contributed by atoms with Gasteiger partial charge in [0.2, 0.25) is 0 Å². The molecule has 0 aliphatic carbocycles. The standard InChI is InChI=1S/C12H12N4/c1-7-3-4-10-8(5-7)9-6-16(2)15-11(9)12(13)14-10/h3-6H,1-2H3,(H2,13,14). The molecular weight excluding hydrogens is 200 g/mol. The Labute approximate surface area is 92.7 Å². The molecule has 2 aromatic heterocycles. The number of anilines is 1. The van der Waals surface area contributed by atoms with Gasteiger partial charge in [0.25, 0.3) is 0 Å². The van der Waals surface area contributed by atoms with E-state index in [1.54, 1.807) is 4.68 Å². The minimum Gasteiger partial charge on any atom is -0.382 e. The summed E-state index contributed by atoms with van der Waals surface area (Å²) in [6, 6.07) is 6.15. The van der Waals surface area contributed by atoms with Gasteiger partial charge in [0.1, 0.15) is 5.52 Å². The number of hydrogen-bond donors (Lipinski definition) is 1. The molecule has 3 rings (SSSR count). The molecule has 0 atom stereocenters. The minimum absolute atomic E-state index is 0.493. The third-order valence-corrected chi connectivity index (χ3v) is 2.75. The Morgan fingerprint density at radius 2 is 2.06 bits per heavy atom. The second-order valence-corrected chi connectivity index (χ2v) is 4.08. The summed E-state index contributed by atoms with van der Waals surface area (Å²) in [5.41, 5.74) is 8.80. The van der Waals surface area contributed by atoms with Crippen LogP contribution in [0.15, 0.2) is 24.4 Å². The van der Waals surface area contributed by atoms with Crippen molar-refractivity contribution in [3.8, 4) is 0 Å². The van der Waals surface area contributed by atoms with Gasteiger partial charge in [-0.05, 0) is 19.1 Å². The van der Waals surface area contributed by atoms with E-state index in [0.717, 1.165) is 21.8 Å². The first-order valence-electron chi connectivity index (χ1n) is 5.14. The van der Waals surface area contributed by atoms with E-state index in [9.17, 15) is 0 Å². The average Bonchev–Trinajstić information content (AvgIpc) is 2.62. The van der Waals surface area contributed by atoms with Gasteiger partial charge in [-0.3, -0.25) is 4.68 Å². The van der Waals surface area contributed by atoms with Crippen LogP contribution in [0.25, 0.3) is 21.8 Å². The van der Waals surface area contributed by atoms with Crippen LogP contribution in [-0.2, 0) is 7.05 Å². The third kappa shape index (κ3) is 1.16. The molecule has 0 aliphatic heterocycles. The first kappa shape index (κ1) is 9.15. The van der Waals surface area contributed by atoms with Crippen LogP contribution < -0.4 is 5.73 Å². The first-order chi connectivity index (χ1) is 7.65. The van der Waals surface area contributed by atoms with Crippen molar-refractivity contribution in [3.63, 3.8) is 0 Å². The summed E-state index contributed by atoms with van der Waals surface area (Å²) in [6.45, 7) is 2.07. The van der Waals surface area contributed by atoms with Crippen LogP contribution in [0.4, 0.5) is 5.82 Å². The SMILES string of the molecule is Cc1ccc2nc(N)c3nn(C)cc3c2c1. The molecule has 1 aromatic carbocycles. The van der Waals surface area contributed by atoms with E-state index in [1.807, 2.05) is 25.4 Å². The summed E-state index contributed by atoms with van der Waals surface area (Å²) in [5.74, 6) is 0.493. The molecule has 16 heavy (non-hydrogen) atoms. The van der Waals surface area contributed by atoms with E-state index in [2.05, 4.69) is 23.1 Å². The van der Waals surface area contributed by atoms with Crippen LogP contribution >= 0.6 is 0 Å². The average molecular weight is 212 g/mol. The molecule has 0 fully saturated rings. The van der Waals surface area contributed by atoms with E-state index in [0.29, 0.717) is 5.82 Å². The second kappa shape index (κ2) is 2.95. The van der Waals surface area contributed by atoms with Gasteiger partial charge < -0.3 is 5.73 Å². The molecule has 0 spiro atoms. The predicted octanol–water partition coefficient (Wildman–Crippen LogP) is 2.01. The summed E-state index contributed by atoms with van der Waals surface area (Å²) in [5, 5.41) is 6.49. The Kier molecular flexibility index (Phi) is 1.68. The lowest BCUT2D eigenvalue weighted by atomic mass is 10.1. The van der Waals surface area contributed by atoms with Gasteiger partial charge in [0, 0.05) is 24.0 Å². The molecule has 3 aromatic rings. The number of nitrogens with two attached hydrogens (primary N) is 1. The summed E-state index contributed by atoms with van der Waals surface area (Å²) in [7, 11) is 1.89. The number of aryl methyl sites for hydroxylation is 2. The number of pyridine rings is 1.